The van der Waals surface area contributed by atoms with Crippen molar-refractivity contribution in [2.75, 3.05) is 25.5 Å². The van der Waals surface area contributed by atoms with Crippen molar-refractivity contribution >= 4 is 17.5 Å². The largest absolute Gasteiger partial charge is 0.374 e. The number of nitrogens with zero attached hydrogens (tertiary/aromatic N) is 1. The third-order valence-electron chi connectivity index (χ3n) is 4.20. The van der Waals surface area contributed by atoms with Gasteiger partial charge >= 0.3 is 0 Å². The molecular formula is C17H25N3O2. The molecule has 0 spiro atoms. The lowest BCUT2D eigenvalue weighted by molar-refractivity contribution is -0.132. The first kappa shape index (κ1) is 16.3. The van der Waals surface area contributed by atoms with Gasteiger partial charge in [-0.2, -0.15) is 0 Å². The molecule has 1 atom stereocenters. The van der Waals surface area contributed by atoms with Crippen LogP contribution in [0.25, 0.3) is 0 Å². The third-order valence-corrected chi connectivity index (χ3v) is 4.20. The standard InChI is InChI=1S/C17H25N3O2/c1-12-7-9-20(10-8-12)17(22)13(2)19-15-6-4-5-14(11-15)16(21)18-3/h4-6,11-13,19H,7-10H2,1-3H3,(H,18,21). The number of anilines is 1. The highest BCUT2D eigenvalue weighted by Crippen LogP contribution is 2.18. The van der Waals surface area contributed by atoms with E-state index in [0.29, 0.717) is 11.5 Å². The molecule has 1 unspecified atom stereocenters. The lowest BCUT2D eigenvalue weighted by Crippen LogP contribution is -2.45. The van der Waals surface area contributed by atoms with Crippen molar-refractivity contribution in [3.8, 4) is 0 Å². The average Bonchev–Trinajstić information content (AvgIpc) is 2.54. The van der Waals surface area contributed by atoms with Crippen molar-refractivity contribution in [1.29, 1.82) is 0 Å². The van der Waals surface area contributed by atoms with Gasteiger partial charge in [-0.1, -0.05) is 13.0 Å². The minimum absolute atomic E-state index is 0.122. The lowest BCUT2D eigenvalue weighted by Gasteiger charge is -2.32. The summed E-state index contributed by atoms with van der Waals surface area (Å²) in [6.07, 6.45) is 2.15. The molecule has 0 aromatic heterocycles. The molecule has 0 saturated carbocycles. The first-order valence-corrected chi connectivity index (χ1v) is 7.88. The zero-order valence-electron chi connectivity index (χ0n) is 13.6. The molecule has 2 rings (SSSR count). The monoisotopic (exact) mass is 303 g/mol. The van der Waals surface area contributed by atoms with E-state index in [1.165, 1.54) is 0 Å². The summed E-state index contributed by atoms with van der Waals surface area (Å²) in [7, 11) is 1.60. The second-order valence-corrected chi connectivity index (χ2v) is 6.03. The summed E-state index contributed by atoms with van der Waals surface area (Å²) in [6, 6.07) is 6.90. The van der Waals surface area contributed by atoms with E-state index < -0.39 is 0 Å². The van der Waals surface area contributed by atoms with E-state index in [9.17, 15) is 9.59 Å². The molecule has 22 heavy (non-hydrogen) atoms. The number of hydrogen-bond acceptors (Lipinski definition) is 3. The van der Waals surface area contributed by atoms with Gasteiger partial charge in [-0.05, 0) is 43.9 Å². The number of nitrogens with one attached hydrogen (secondary N) is 2. The van der Waals surface area contributed by atoms with Crippen molar-refractivity contribution in [3.05, 3.63) is 29.8 Å². The third kappa shape index (κ3) is 4.00. The molecule has 5 heteroatoms. The van der Waals surface area contributed by atoms with Gasteiger partial charge in [-0.15, -0.1) is 0 Å². The van der Waals surface area contributed by atoms with E-state index >= 15 is 0 Å². The molecule has 120 valence electrons. The van der Waals surface area contributed by atoms with Crippen molar-refractivity contribution in [3.63, 3.8) is 0 Å². The number of hydrogen-bond donors (Lipinski definition) is 2. The van der Waals surface area contributed by atoms with Gasteiger partial charge in [0.05, 0.1) is 0 Å². The predicted molar refractivity (Wildman–Crippen MR) is 87.9 cm³/mol. The van der Waals surface area contributed by atoms with E-state index in [4.69, 9.17) is 0 Å². The van der Waals surface area contributed by atoms with Gasteiger partial charge in [0.15, 0.2) is 0 Å². The number of rotatable bonds is 4. The molecule has 1 heterocycles. The number of carbonyl (C=O) groups excluding carboxylic acids is 2. The summed E-state index contributed by atoms with van der Waals surface area (Å²) in [5.41, 5.74) is 1.37. The van der Waals surface area contributed by atoms with E-state index in [1.807, 2.05) is 24.0 Å². The van der Waals surface area contributed by atoms with Gasteiger partial charge in [0.2, 0.25) is 5.91 Å². The van der Waals surface area contributed by atoms with E-state index in [1.54, 1.807) is 19.2 Å². The normalized spacial score (nSPS) is 17.0. The molecule has 1 aliphatic heterocycles. The zero-order chi connectivity index (χ0) is 16.1. The smallest absolute Gasteiger partial charge is 0.251 e. The highest BCUT2D eigenvalue weighted by Gasteiger charge is 2.24. The van der Waals surface area contributed by atoms with Crippen LogP contribution in [0.1, 0.15) is 37.0 Å². The van der Waals surface area contributed by atoms with Gasteiger partial charge in [-0.25, -0.2) is 0 Å². The van der Waals surface area contributed by atoms with Gasteiger partial charge in [0, 0.05) is 31.4 Å². The van der Waals surface area contributed by atoms with Crippen molar-refractivity contribution < 1.29 is 9.59 Å². The molecule has 2 N–H and O–H groups in total. The Morgan fingerprint density at radius 2 is 1.95 bits per heavy atom. The molecule has 1 fully saturated rings. The molecule has 2 amide bonds. The molecule has 5 nitrogen and oxygen atoms in total. The van der Waals surface area contributed by atoms with Crippen LogP contribution < -0.4 is 10.6 Å². The fourth-order valence-corrected chi connectivity index (χ4v) is 2.71. The summed E-state index contributed by atoms with van der Waals surface area (Å²) in [6.45, 7) is 5.77. The first-order valence-electron chi connectivity index (χ1n) is 7.88. The fourth-order valence-electron chi connectivity index (χ4n) is 2.71. The van der Waals surface area contributed by atoms with Crippen LogP contribution in [0.5, 0.6) is 0 Å². The van der Waals surface area contributed by atoms with Gasteiger partial charge in [-0.3, -0.25) is 9.59 Å². The molecule has 0 radical (unpaired) electrons. The second-order valence-electron chi connectivity index (χ2n) is 6.03. The van der Waals surface area contributed by atoms with Crippen LogP contribution in [0, 0.1) is 5.92 Å². The maximum absolute atomic E-state index is 12.5. The molecule has 0 aliphatic carbocycles. The first-order chi connectivity index (χ1) is 10.5. The molecule has 1 saturated heterocycles. The van der Waals surface area contributed by atoms with Crippen molar-refractivity contribution in [1.82, 2.24) is 10.2 Å². The maximum atomic E-state index is 12.5. The topological polar surface area (TPSA) is 61.4 Å². The van der Waals surface area contributed by atoms with Crippen LogP contribution in [0.2, 0.25) is 0 Å². The van der Waals surface area contributed by atoms with Gasteiger partial charge < -0.3 is 15.5 Å². The minimum atomic E-state index is -0.298. The lowest BCUT2D eigenvalue weighted by atomic mass is 9.99. The summed E-state index contributed by atoms with van der Waals surface area (Å²) < 4.78 is 0. The van der Waals surface area contributed by atoms with Gasteiger partial charge in [0.25, 0.3) is 5.91 Å². The fraction of sp³-hybridized carbons (Fsp3) is 0.529. The Balaban J connectivity index is 1.97. The number of likely N-dealkylation sites (tertiary alicyclic amines) is 1. The van der Waals surface area contributed by atoms with Gasteiger partial charge in [0.1, 0.15) is 6.04 Å². The number of benzene rings is 1. The van der Waals surface area contributed by atoms with Crippen LogP contribution in [0.4, 0.5) is 5.69 Å². The van der Waals surface area contributed by atoms with Crippen LogP contribution in [-0.4, -0.2) is 42.9 Å². The Hall–Kier alpha value is -2.04. The second kappa shape index (κ2) is 7.29. The molecule has 1 aliphatic rings. The summed E-state index contributed by atoms with van der Waals surface area (Å²) in [5, 5.41) is 5.80. The Kier molecular flexibility index (Phi) is 5.41. The van der Waals surface area contributed by atoms with Crippen LogP contribution >= 0.6 is 0 Å². The Labute approximate surface area is 132 Å². The Morgan fingerprint density at radius 1 is 1.27 bits per heavy atom. The van der Waals surface area contributed by atoms with E-state index in [-0.39, 0.29) is 17.9 Å². The minimum Gasteiger partial charge on any atom is -0.374 e. The number of piperidine rings is 1. The van der Waals surface area contributed by atoms with E-state index in [2.05, 4.69) is 17.6 Å². The highest BCUT2D eigenvalue weighted by molar-refractivity contribution is 5.95. The van der Waals surface area contributed by atoms with Crippen LogP contribution in [0.3, 0.4) is 0 Å². The van der Waals surface area contributed by atoms with E-state index in [0.717, 1.165) is 31.6 Å². The van der Waals surface area contributed by atoms with Crippen LogP contribution in [0.15, 0.2) is 24.3 Å². The van der Waals surface area contributed by atoms with Crippen molar-refractivity contribution in [2.24, 2.45) is 5.92 Å². The maximum Gasteiger partial charge on any atom is 0.251 e. The van der Waals surface area contributed by atoms with Crippen LogP contribution in [-0.2, 0) is 4.79 Å². The Morgan fingerprint density at radius 3 is 2.59 bits per heavy atom. The summed E-state index contributed by atoms with van der Waals surface area (Å²) >= 11 is 0. The predicted octanol–water partition coefficient (Wildman–Crippen LogP) is 2.11. The quantitative estimate of drug-likeness (QED) is 0.895. The number of carbonyl (C=O) groups is 2. The van der Waals surface area contributed by atoms with Crippen molar-refractivity contribution in [2.45, 2.75) is 32.7 Å². The average molecular weight is 303 g/mol. The molecule has 1 aromatic carbocycles. The summed E-state index contributed by atoms with van der Waals surface area (Å²) in [5.74, 6) is 0.696. The number of amides is 2. The molecule has 1 aromatic rings. The SMILES string of the molecule is CNC(=O)c1cccc(NC(C)C(=O)N2CCC(C)CC2)c1. The summed E-state index contributed by atoms with van der Waals surface area (Å²) in [4.78, 5) is 26.0. The molecular weight excluding hydrogens is 278 g/mol. The zero-order valence-corrected chi connectivity index (χ0v) is 13.6. The molecule has 0 bridgehead atoms. The Bertz CT molecular complexity index is 536. The highest BCUT2D eigenvalue weighted by atomic mass is 16.2.